The first-order valence-corrected chi connectivity index (χ1v) is 16.0. The van der Waals surface area contributed by atoms with Gasteiger partial charge in [-0.05, 0) is 38.5 Å². The van der Waals surface area contributed by atoms with Crippen LogP contribution in [0.15, 0.2) is 18.2 Å². The van der Waals surface area contributed by atoms with Gasteiger partial charge in [-0.15, -0.1) is 0 Å². The van der Waals surface area contributed by atoms with E-state index in [1.54, 1.807) is 6.92 Å². The number of nitrogens with zero attached hydrogens (tertiary/aromatic N) is 3. The molecular formula is C28H32N6O14S. The van der Waals surface area contributed by atoms with Gasteiger partial charge in [0.05, 0.1) is 0 Å². The monoisotopic (exact) mass is 708 g/mol. The van der Waals surface area contributed by atoms with Crippen LogP contribution >= 0.6 is 0 Å². The van der Waals surface area contributed by atoms with Crippen molar-refractivity contribution in [1.29, 1.82) is 0 Å². The number of carbonyl (C=O) groups excluding carboxylic acids is 8. The molecule has 4 rings (SSSR count). The number of likely N-dealkylation sites (N-methyl/N-ethyl adjacent to an activating group) is 1. The molecule has 0 saturated carbocycles. The molecule has 1 aromatic carbocycles. The summed E-state index contributed by atoms with van der Waals surface area (Å²) in [4.78, 5) is 113. The highest BCUT2D eigenvalue weighted by Gasteiger charge is 2.82. The number of ether oxygens (including phenoxy) is 2. The Hall–Kier alpha value is -5.60. The zero-order chi connectivity index (χ0) is 36.8. The van der Waals surface area contributed by atoms with Crippen LogP contribution in [0.5, 0.6) is 11.5 Å². The number of carboxylic acids is 1. The third-order valence-electron chi connectivity index (χ3n) is 8.31. The molecule has 0 spiro atoms. The molecule has 3 heterocycles. The van der Waals surface area contributed by atoms with E-state index in [-0.39, 0.29) is 37.4 Å². The number of carboxylic acid groups (broad SMARTS) is 1. The van der Waals surface area contributed by atoms with Gasteiger partial charge in [-0.2, -0.15) is 0 Å². The smallest absolute Gasteiger partial charge is 0.328 e. The summed E-state index contributed by atoms with van der Waals surface area (Å²) in [6.07, 6.45) is -0.0899. The molecule has 7 amide bonds. The molecular weight excluding hydrogens is 676 g/mol. The standard InChI is InChI=1S/C28H32N6O14S/c1-6-32-9-10-33(24(41)23(32)40)26(44)30-18(15-7-8-16(47-13(2)36)17(11-15)48-14(3)37)21(38)31-19-22(39)34-20(25(42)43)27(4,5)49(45,46)28(19,34)29-12-35/h7-8,11-12,18-20H,6,9-10H2,1-5H3,(H,29,35)(H,30,44)(H,31,38)(H,42,43)/t18?,19-,20-,28?/m0/s1. The van der Waals surface area contributed by atoms with Crippen LogP contribution in [0.4, 0.5) is 4.79 Å². The molecule has 49 heavy (non-hydrogen) atoms. The number of fused-ring (bicyclic) bond motifs is 1. The lowest BCUT2D eigenvalue weighted by Gasteiger charge is -2.52. The normalized spacial score (nSPS) is 24.2. The minimum Gasteiger partial charge on any atom is -0.480 e. The quantitative estimate of drug-likeness (QED) is 0.0637. The van der Waals surface area contributed by atoms with E-state index < -0.39 is 91.0 Å². The molecule has 0 radical (unpaired) electrons. The Bertz CT molecular complexity index is 1790. The van der Waals surface area contributed by atoms with Crippen LogP contribution in [-0.2, 0) is 48.2 Å². The molecule has 0 bridgehead atoms. The second-order valence-corrected chi connectivity index (χ2v) is 14.3. The molecule has 4 atom stereocenters. The maximum absolute atomic E-state index is 14.0. The highest BCUT2D eigenvalue weighted by Crippen LogP contribution is 2.52. The molecule has 3 fully saturated rings. The number of β-lactam (4-membered cyclic amide) rings is 1. The van der Waals surface area contributed by atoms with Crippen LogP contribution in [0.3, 0.4) is 0 Å². The van der Waals surface area contributed by atoms with Crippen LogP contribution in [0.1, 0.15) is 46.2 Å². The van der Waals surface area contributed by atoms with E-state index in [2.05, 4.69) is 10.6 Å². The first-order valence-electron chi connectivity index (χ1n) is 14.5. The lowest BCUT2D eigenvalue weighted by molar-refractivity contribution is -0.171. The van der Waals surface area contributed by atoms with Crippen molar-refractivity contribution in [2.24, 2.45) is 0 Å². The summed E-state index contributed by atoms with van der Waals surface area (Å²) in [7, 11) is -4.82. The molecule has 0 aromatic heterocycles. The van der Waals surface area contributed by atoms with E-state index in [1.807, 2.05) is 5.32 Å². The van der Waals surface area contributed by atoms with E-state index in [9.17, 15) is 56.7 Å². The molecule has 4 N–H and O–H groups in total. The summed E-state index contributed by atoms with van der Waals surface area (Å²) in [5.41, 5.74) is -0.233. The highest BCUT2D eigenvalue weighted by atomic mass is 32.2. The molecule has 264 valence electrons. The summed E-state index contributed by atoms with van der Waals surface area (Å²) in [6.45, 7) is 5.58. The lowest BCUT2D eigenvalue weighted by atomic mass is 9.92. The van der Waals surface area contributed by atoms with Gasteiger partial charge in [0.2, 0.25) is 22.2 Å². The fraction of sp³-hybridized carbons (Fsp3) is 0.464. The van der Waals surface area contributed by atoms with Crippen molar-refractivity contribution in [3.8, 4) is 11.5 Å². The van der Waals surface area contributed by atoms with Crippen LogP contribution < -0.4 is 25.4 Å². The molecule has 20 nitrogen and oxygen atoms in total. The maximum Gasteiger partial charge on any atom is 0.328 e. The van der Waals surface area contributed by atoms with E-state index in [0.29, 0.717) is 9.80 Å². The van der Waals surface area contributed by atoms with Crippen molar-refractivity contribution >= 4 is 63.8 Å². The van der Waals surface area contributed by atoms with E-state index in [1.165, 1.54) is 4.90 Å². The van der Waals surface area contributed by atoms with Gasteiger partial charge in [0.25, 0.3) is 10.9 Å². The SMILES string of the molecule is CCN1CCN(C(=O)NC(C(=O)N[C@H]2C(=O)N3[C@@H](C(=O)O)C(C)(C)S(=O)(=O)C23NC=O)c2ccc(OC(C)=O)c(OC(C)=O)c2)C(=O)C1=O. The number of urea groups is 1. The van der Waals surface area contributed by atoms with Crippen molar-refractivity contribution in [1.82, 2.24) is 30.7 Å². The predicted octanol–water partition coefficient (Wildman–Crippen LogP) is -2.63. The van der Waals surface area contributed by atoms with Gasteiger partial charge < -0.3 is 35.4 Å². The number of nitrogens with one attached hydrogen (secondary N) is 3. The number of sulfone groups is 1. The van der Waals surface area contributed by atoms with Crippen LogP contribution in [0.25, 0.3) is 0 Å². The Labute approximate surface area is 277 Å². The summed E-state index contributed by atoms with van der Waals surface area (Å²) in [5, 5.41) is 16.2. The van der Waals surface area contributed by atoms with Crippen molar-refractivity contribution in [2.45, 2.75) is 62.5 Å². The number of rotatable bonds is 10. The van der Waals surface area contributed by atoms with Crippen molar-refractivity contribution < 1.29 is 66.1 Å². The van der Waals surface area contributed by atoms with Crippen LogP contribution in [-0.4, -0.2) is 124 Å². The van der Waals surface area contributed by atoms with E-state index in [0.717, 1.165) is 45.9 Å². The number of carbonyl (C=O) groups is 9. The Morgan fingerprint density at radius 1 is 1.02 bits per heavy atom. The zero-order valence-electron chi connectivity index (χ0n) is 26.7. The van der Waals surface area contributed by atoms with Gasteiger partial charge in [-0.25, -0.2) is 18.0 Å². The molecule has 21 heteroatoms. The van der Waals surface area contributed by atoms with Crippen molar-refractivity contribution in [3.05, 3.63) is 23.8 Å². The largest absolute Gasteiger partial charge is 0.480 e. The number of amides is 7. The second-order valence-electron chi connectivity index (χ2n) is 11.6. The fourth-order valence-electron chi connectivity index (χ4n) is 5.96. The number of piperazine rings is 1. The minimum atomic E-state index is -4.82. The van der Waals surface area contributed by atoms with E-state index >= 15 is 0 Å². The van der Waals surface area contributed by atoms with Gasteiger partial charge in [0.15, 0.2) is 23.6 Å². The lowest BCUT2D eigenvalue weighted by Crippen LogP contribution is -2.85. The van der Waals surface area contributed by atoms with Gasteiger partial charge in [0.1, 0.15) is 10.8 Å². The Morgan fingerprint density at radius 3 is 2.18 bits per heavy atom. The average Bonchev–Trinajstić information content (AvgIpc) is 3.13. The molecule has 3 saturated heterocycles. The number of hydrogen-bond donors (Lipinski definition) is 4. The Kier molecular flexibility index (Phi) is 9.45. The van der Waals surface area contributed by atoms with Crippen molar-refractivity contribution in [3.63, 3.8) is 0 Å². The summed E-state index contributed by atoms with van der Waals surface area (Å²) >= 11 is 0. The molecule has 1 aromatic rings. The Balaban J connectivity index is 1.78. The summed E-state index contributed by atoms with van der Waals surface area (Å²) in [5.74, 6) is -8.89. The van der Waals surface area contributed by atoms with Crippen LogP contribution in [0, 0.1) is 0 Å². The topological polar surface area (TPSA) is 272 Å². The van der Waals surface area contributed by atoms with Crippen LogP contribution in [0.2, 0.25) is 0 Å². The average molecular weight is 709 g/mol. The number of benzene rings is 1. The van der Waals surface area contributed by atoms with E-state index in [4.69, 9.17) is 9.47 Å². The summed E-state index contributed by atoms with van der Waals surface area (Å²) in [6, 6.07) is -4.12. The van der Waals surface area contributed by atoms with Gasteiger partial charge in [0, 0.05) is 33.5 Å². The number of aliphatic carboxylic acids is 1. The van der Waals surface area contributed by atoms with Gasteiger partial charge in [-0.3, -0.25) is 43.4 Å². The number of imide groups is 1. The Morgan fingerprint density at radius 2 is 1.63 bits per heavy atom. The van der Waals surface area contributed by atoms with Crippen molar-refractivity contribution in [2.75, 3.05) is 19.6 Å². The minimum absolute atomic E-state index is 0.0380. The molecule has 0 aliphatic carbocycles. The third-order valence-corrected chi connectivity index (χ3v) is 11.3. The first kappa shape index (κ1) is 36.2. The fourth-order valence-corrected chi connectivity index (χ4v) is 8.39. The summed E-state index contributed by atoms with van der Waals surface area (Å²) < 4.78 is 35.5. The maximum atomic E-state index is 14.0. The van der Waals surface area contributed by atoms with Gasteiger partial charge in [-0.1, -0.05) is 6.07 Å². The highest BCUT2D eigenvalue weighted by molar-refractivity contribution is 7.94. The second kappa shape index (κ2) is 12.8. The first-order chi connectivity index (χ1) is 22.8. The van der Waals surface area contributed by atoms with Gasteiger partial charge >= 0.3 is 35.8 Å². The molecule has 3 aliphatic heterocycles. The number of esters is 2. The number of hydrogen-bond acceptors (Lipinski definition) is 13. The molecule has 2 unspecified atom stereocenters. The zero-order valence-corrected chi connectivity index (χ0v) is 27.5. The molecule has 3 aliphatic rings. The third kappa shape index (κ3) is 5.68. The predicted molar refractivity (Wildman–Crippen MR) is 159 cm³/mol.